The van der Waals surface area contributed by atoms with Crippen LogP contribution in [-0.2, 0) is 0 Å². The Labute approximate surface area is 140 Å². The zero-order valence-electron chi connectivity index (χ0n) is 13.4. The highest BCUT2D eigenvalue weighted by Crippen LogP contribution is 2.31. The monoisotopic (exact) mass is 320 g/mol. The first-order valence-corrected chi connectivity index (χ1v) is 8.31. The van der Waals surface area contributed by atoms with Gasteiger partial charge < -0.3 is 10.1 Å². The van der Waals surface area contributed by atoms with Gasteiger partial charge in [0.05, 0.1) is 12.1 Å². The Morgan fingerprint density at radius 1 is 1.12 bits per heavy atom. The van der Waals surface area contributed by atoms with E-state index in [4.69, 9.17) is 0 Å². The molecule has 4 rings (SSSR count). The number of para-hydroxylation sites is 1. The van der Waals surface area contributed by atoms with Crippen molar-refractivity contribution in [2.45, 2.75) is 18.6 Å². The van der Waals surface area contributed by atoms with Gasteiger partial charge in [-0.2, -0.15) is 0 Å². The number of hydrogen-bond acceptors (Lipinski definition) is 3. The summed E-state index contributed by atoms with van der Waals surface area (Å²) in [7, 11) is 0. The first-order chi connectivity index (χ1) is 11.7. The molecule has 0 saturated carbocycles. The molecule has 1 fully saturated rings. The van der Waals surface area contributed by atoms with E-state index in [9.17, 15) is 9.90 Å². The number of Topliss-reactive ketones (excluding diaryl/α,β-unsaturated/α-hetero) is 1. The molecule has 2 aromatic carbocycles. The molecule has 3 aromatic rings. The van der Waals surface area contributed by atoms with Crippen LogP contribution in [0.2, 0.25) is 0 Å². The van der Waals surface area contributed by atoms with Gasteiger partial charge >= 0.3 is 0 Å². The minimum absolute atomic E-state index is 0.0766. The van der Waals surface area contributed by atoms with Crippen LogP contribution >= 0.6 is 0 Å². The Hall–Kier alpha value is -2.43. The molecule has 1 aliphatic rings. The van der Waals surface area contributed by atoms with Crippen molar-refractivity contribution in [3.05, 3.63) is 71.9 Å². The Morgan fingerprint density at radius 2 is 1.88 bits per heavy atom. The number of likely N-dealkylation sites (tertiary alicyclic amines) is 1. The van der Waals surface area contributed by atoms with Gasteiger partial charge in [-0.05, 0) is 18.1 Å². The average molecular weight is 320 g/mol. The molecule has 0 spiro atoms. The summed E-state index contributed by atoms with van der Waals surface area (Å²) in [4.78, 5) is 18.6. The molecule has 0 amide bonds. The van der Waals surface area contributed by atoms with Gasteiger partial charge in [0, 0.05) is 35.8 Å². The number of ketones is 1. The van der Waals surface area contributed by atoms with Gasteiger partial charge in [-0.25, -0.2) is 0 Å². The van der Waals surface area contributed by atoms with Crippen LogP contribution in [0.15, 0.2) is 60.8 Å². The first kappa shape index (κ1) is 15.1. The number of benzene rings is 2. The van der Waals surface area contributed by atoms with Crippen molar-refractivity contribution in [3.8, 4) is 0 Å². The molecule has 1 unspecified atom stereocenters. The van der Waals surface area contributed by atoms with Crippen molar-refractivity contribution < 1.29 is 9.90 Å². The summed E-state index contributed by atoms with van der Waals surface area (Å²) < 4.78 is 0. The molecule has 1 aromatic heterocycles. The maximum atomic E-state index is 13.4. The van der Waals surface area contributed by atoms with Crippen molar-refractivity contribution in [2.75, 3.05) is 13.1 Å². The van der Waals surface area contributed by atoms with Crippen molar-refractivity contribution in [1.82, 2.24) is 9.88 Å². The molecule has 1 saturated heterocycles. The third kappa shape index (κ3) is 2.64. The van der Waals surface area contributed by atoms with Gasteiger partial charge in [0.2, 0.25) is 0 Å². The Kier molecular flexibility index (Phi) is 3.92. The van der Waals surface area contributed by atoms with E-state index in [1.54, 1.807) is 6.20 Å². The molecule has 4 nitrogen and oxygen atoms in total. The fourth-order valence-corrected chi connectivity index (χ4v) is 3.59. The quantitative estimate of drug-likeness (QED) is 0.726. The smallest absolute Gasteiger partial charge is 0.186 e. The van der Waals surface area contributed by atoms with Crippen LogP contribution in [-0.4, -0.2) is 40.0 Å². The minimum atomic E-state index is -0.359. The number of carbonyl (C=O) groups excluding carboxylic acids is 1. The molecule has 2 N–H and O–H groups in total. The number of rotatable bonds is 4. The van der Waals surface area contributed by atoms with Crippen LogP contribution in [0.5, 0.6) is 0 Å². The fourth-order valence-electron chi connectivity index (χ4n) is 3.59. The lowest BCUT2D eigenvalue weighted by molar-refractivity contribution is 0.0828. The summed E-state index contributed by atoms with van der Waals surface area (Å²) in [6.07, 6.45) is 2.16. The van der Waals surface area contributed by atoms with Gasteiger partial charge in [0.15, 0.2) is 5.78 Å². The molecule has 0 bridgehead atoms. The SMILES string of the molecule is O=C(c1c[nH]c2ccccc12)C(c1ccccc1)N1CC[C@@H](O)C1. The highest BCUT2D eigenvalue weighted by molar-refractivity contribution is 6.10. The van der Waals surface area contributed by atoms with Crippen LogP contribution in [0.3, 0.4) is 0 Å². The van der Waals surface area contributed by atoms with E-state index >= 15 is 0 Å². The lowest BCUT2D eigenvalue weighted by Crippen LogP contribution is -2.33. The minimum Gasteiger partial charge on any atom is -0.392 e. The zero-order valence-corrected chi connectivity index (χ0v) is 13.4. The van der Waals surface area contributed by atoms with Gasteiger partial charge in [0.1, 0.15) is 0 Å². The number of carbonyl (C=O) groups is 1. The van der Waals surface area contributed by atoms with E-state index in [1.165, 1.54) is 0 Å². The number of fused-ring (bicyclic) bond motifs is 1. The number of aliphatic hydroxyl groups excluding tert-OH is 1. The predicted molar refractivity (Wildman–Crippen MR) is 94.0 cm³/mol. The number of nitrogens with one attached hydrogen (secondary N) is 1. The molecular formula is C20H20N2O2. The van der Waals surface area contributed by atoms with Crippen LogP contribution in [0, 0.1) is 0 Å². The number of aliphatic hydroxyl groups is 1. The van der Waals surface area contributed by atoms with Crippen LogP contribution in [0.25, 0.3) is 10.9 Å². The molecule has 0 radical (unpaired) electrons. The number of aromatic nitrogens is 1. The normalized spacial score (nSPS) is 19.6. The Balaban J connectivity index is 1.77. The summed E-state index contributed by atoms with van der Waals surface area (Å²) in [5.74, 6) is 0.0766. The van der Waals surface area contributed by atoms with E-state index in [0.717, 1.165) is 23.0 Å². The van der Waals surface area contributed by atoms with E-state index in [0.29, 0.717) is 18.5 Å². The molecule has 1 aliphatic heterocycles. The van der Waals surface area contributed by atoms with E-state index in [2.05, 4.69) is 9.88 Å². The molecule has 122 valence electrons. The molecule has 2 atom stereocenters. The van der Waals surface area contributed by atoms with Gasteiger partial charge in [-0.1, -0.05) is 48.5 Å². The first-order valence-electron chi connectivity index (χ1n) is 8.31. The van der Waals surface area contributed by atoms with Crippen LogP contribution < -0.4 is 0 Å². The number of aromatic amines is 1. The second kappa shape index (κ2) is 6.23. The highest BCUT2D eigenvalue weighted by Gasteiger charge is 2.34. The number of β-amino-alcohol motifs (C(OH)–C–C–N with tert-alkyl or cyclic N) is 1. The second-order valence-corrected chi connectivity index (χ2v) is 6.36. The van der Waals surface area contributed by atoms with Crippen molar-refractivity contribution in [3.63, 3.8) is 0 Å². The molecule has 2 heterocycles. The Bertz CT molecular complexity index is 856. The largest absolute Gasteiger partial charge is 0.392 e. The van der Waals surface area contributed by atoms with Crippen molar-refractivity contribution in [2.24, 2.45) is 0 Å². The predicted octanol–water partition coefficient (Wildman–Crippen LogP) is 3.16. The number of hydrogen-bond donors (Lipinski definition) is 2. The van der Waals surface area contributed by atoms with Crippen molar-refractivity contribution >= 4 is 16.7 Å². The molecule has 4 heteroatoms. The van der Waals surface area contributed by atoms with E-state index < -0.39 is 0 Å². The molecule has 24 heavy (non-hydrogen) atoms. The summed E-state index contributed by atoms with van der Waals surface area (Å²) in [6, 6.07) is 17.3. The summed E-state index contributed by atoms with van der Waals surface area (Å²) >= 11 is 0. The summed E-state index contributed by atoms with van der Waals surface area (Å²) in [5, 5.41) is 10.9. The number of H-pyrrole nitrogens is 1. The van der Waals surface area contributed by atoms with Crippen LogP contribution in [0.4, 0.5) is 0 Å². The molecular weight excluding hydrogens is 300 g/mol. The Morgan fingerprint density at radius 3 is 2.62 bits per heavy atom. The topological polar surface area (TPSA) is 56.3 Å². The highest BCUT2D eigenvalue weighted by atomic mass is 16.3. The standard InChI is InChI=1S/C20H20N2O2/c23-15-10-11-22(13-15)19(14-6-2-1-3-7-14)20(24)17-12-21-18-9-5-4-8-16(17)18/h1-9,12,15,19,21,23H,10-11,13H2/t15-,19?/m1/s1. The van der Waals surface area contributed by atoms with Crippen molar-refractivity contribution in [1.29, 1.82) is 0 Å². The fraction of sp³-hybridized carbons (Fsp3) is 0.250. The van der Waals surface area contributed by atoms with Gasteiger partial charge in [-0.3, -0.25) is 9.69 Å². The lowest BCUT2D eigenvalue weighted by atomic mass is 9.96. The second-order valence-electron chi connectivity index (χ2n) is 6.36. The zero-order chi connectivity index (χ0) is 16.5. The van der Waals surface area contributed by atoms with Gasteiger partial charge in [-0.15, -0.1) is 0 Å². The third-order valence-corrected chi connectivity index (χ3v) is 4.78. The number of nitrogens with zero attached hydrogens (tertiary/aromatic N) is 1. The van der Waals surface area contributed by atoms with Crippen LogP contribution in [0.1, 0.15) is 28.4 Å². The maximum absolute atomic E-state index is 13.4. The van der Waals surface area contributed by atoms with E-state index in [-0.39, 0.29) is 17.9 Å². The molecule has 0 aliphatic carbocycles. The summed E-state index contributed by atoms with van der Waals surface area (Å²) in [6.45, 7) is 1.27. The summed E-state index contributed by atoms with van der Waals surface area (Å²) in [5.41, 5.74) is 2.65. The third-order valence-electron chi connectivity index (χ3n) is 4.78. The average Bonchev–Trinajstić information content (AvgIpc) is 3.22. The lowest BCUT2D eigenvalue weighted by Gasteiger charge is -2.26. The van der Waals surface area contributed by atoms with E-state index in [1.807, 2.05) is 54.6 Å². The maximum Gasteiger partial charge on any atom is 0.186 e. The van der Waals surface area contributed by atoms with Gasteiger partial charge in [0.25, 0.3) is 0 Å².